The summed E-state index contributed by atoms with van der Waals surface area (Å²) in [5.41, 5.74) is 0.553. The lowest BCUT2D eigenvalue weighted by atomic mass is 9.87. The van der Waals surface area contributed by atoms with Crippen LogP contribution in [0.1, 0.15) is 39.5 Å². The van der Waals surface area contributed by atoms with Gasteiger partial charge in [-0.3, -0.25) is 9.59 Å². The lowest BCUT2D eigenvalue weighted by Crippen LogP contribution is -2.26. The lowest BCUT2D eigenvalue weighted by molar-refractivity contribution is -0.144. The SMILES string of the molecule is CCCC[C@@H](C(=O)O)[C@@H](C)CC(=O)Nc1ccccc1Cl. The van der Waals surface area contributed by atoms with Crippen molar-refractivity contribution in [3.63, 3.8) is 0 Å². The Hall–Kier alpha value is -1.55. The van der Waals surface area contributed by atoms with E-state index in [2.05, 4.69) is 5.32 Å². The maximum Gasteiger partial charge on any atom is 0.306 e. The fraction of sp³-hybridized carbons (Fsp3) is 0.500. The standard InChI is InChI=1S/C16H22ClNO3/c1-3-4-7-12(16(20)21)11(2)10-15(19)18-14-9-6-5-8-13(14)17/h5-6,8-9,11-12H,3-4,7,10H2,1-2H3,(H,18,19)(H,20,21)/t11-,12+/m0/s1. The van der Waals surface area contributed by atoms with E-state index in [1.165, 1.54) is 0 Å². The lowest BCUT2D eigenvalue weighted by Gasteiger charge is -2.19. The maximum atomic E-state index is 12.0. The molecule has 0 heterocycles. The number of amides is 1. The van der Waals surface area contributed by atoms with Gasteiger partial charge in [0.05, 0.1) is 16.6 Å². The number of para-hydroxylation sites is 1. The van der Waals surface area contributed by atoms with Crippen molar-refractivity contribution in [1.82, 2.24) is 0 Å². The third-order valence-corrected chi connectivity index (χ3v) is 3.86. The molecule has 0 fully saturated rings. The second-order valence-corrected chi connectivity index (χ2v) is 5.70. The van der Waals surface area contributed by atoms with E-state index in [0.717, 1.165) is 12.8 Å². The van der Waals surface area contributed by atoms with Gasteiger partial charge in [0.25, 0.3) is 0 Å². The second kappa shape index (κ2) is 8.67. The van der Waals surface area contributed by atoms with Crippen molar-refractivity contribution in [3.8, 4) is 0 Å². The molecule has 5 heteroatoms. The molecule has 1 aromatic rings. The highest BCUT2D eigenvalue weighted by molar-refractivity contribution is 6.33. The van der Waals surface area contributed by atoms with Crippen molar-refractivity contribution in [2.24, 2.45) is 11.8 Å². The monoisotopic (exact) mass is 311 g/mol. The summed E-state index contributed by atoms with van der Waals surface area (Å²) in [6, 6.07) is 6.98. The number of carbonyl (C=O) groups is 2. The average molecular weight is 312 g/mol. The molecule has 0 aliphatic rings. The summed E-state index contributed by atoms with van der Waals surface area (Å²) in [5.74, 6) is -1.74. The molecule has 1 aromatic carbocycles. The maximum absolute atomic E-state index is 12.0. The molecule has 4 nitrogen and oxygen atoms in total. The van der Waals surface area contributed by atoms with E-state index in [0.29, 0.717) is 17.1 Å². The summed E-state index contributed by atoms with van der Waals surface area (Å²) in [5, 5.41) is 12.5. The Morgan fingerprint density at radius 3 is 2.57 bits per heavy atom. The first-order chi connectivity index (χ1) is 9.95. The number of unbranched alkanes of at least 4 members (excludes halogenated alkanes) is 1. The van der Waals surface area contributed by atoms with E-state index >= 15 is 0 Å². The number of rotatable bonds is 8. The third kappa shape index (κ3) is 5.76. The Kier molecular flexibility index (Phi) is 7.23. The minimum absolute atomic E-state index is 0.173. The van der Waals surface area contributed by atoms with E-state index in [-0.39, 0.29) is 18.2 Å². The Morgan fingerprint density at radius 2 is 2.00 bits per heavy atom. The quantitative estimate of drug-likeness (QED) is 0.756. The molecule has 0 saturated heterocycles. The molecule has 1 amide bonds. The largest absolute Gasteiger partial charge is 0.481 e. The molecule has 0 aliphatic heterocycles. The number of hydrogen-bond donors (Lipinski definition) is 2. The van der Waals surface area contributed by atoms with Crippen LogP contribution in [-0.4, -0.2) is 17.0 Å². The van der Waals surface area contributed by atoms with E-state index < -0.39 is 11.9 Å². The summed E-state index contributed by atoms with van der Waals surface area (Å²) in [6.45, 7) is 3.83. The number of benzene rings is 1. The van der Waals surface area contributed by atoms with Crippen LogP contribution in [0.3, 0.4) is 0 Å². The van der Waals surface area contributed by atoms with Crippen LogP contribution in [0.4, 0.5) is 5.69 Å². The molecule has 0 aromatic heterocycles. The van der Waals surface area contributed by atoms with Gasteiger partial charge < -0.3 is 10.4 Å². The van der Waals surface area contributed by atoms with Crippen molar-refractivity contribution in [2.45, 2.75) is 39.5 Å². The molecule has 0 saturated carbocycles. The van der Waals surface area contributed by atoms with E-state index in [1.807, 2.05) is 6.92 Å². The van der Waals surface area contributed by atoms with Gasteiger partial charge in [0.2, 0.25) is 5.91 Å². The summed E-state index contributed by atoms with van der Waals surface area (Å²) in [7, 11) is 0. The average Bonchev–Trinajstić information content (AvgIpc) is 2.41. The summed E-state index contributed by atoms with van der Waals surface area (Å²) in [6.07, 6.45) is 2.58. The number of halogens is 1. The van der Waals surface area contributed by atoms with Crippen LogP contribution >= 0.6 is 11.6 Å². The van der Waals surface area contributed by atoms with Gasteiger partial charge in [-0.15, -0.1) is 0 Å². The molecule has 21 heavy (non-hydrogen) atoms. The molecule has 1 rings (SSSR count). The third-order valence-electron chi connectivity index (χ3n) is 3.53. The first-order valence-corrected chi connectivity index (χ1v) is 7.60. The smallest absolute Gasteiger partial charge is 0.306 e. The Bertz CT molecular complexity index is 490. The highest BCUT2D eigenvalue weighted by Gasteiger charge is 2.26. The van der Waals surface area contributed by atoms with Gasteiger partial charge in [0.1, 0.15) is 0 Å². The second-order valence-electron chi connectivity index (χ2n) is 5.30. The minimum Gasteiger partial charge on any atom is -0.481 e. The van der Waals surface area contributed by atoms with Crippen molar-refractivity contribution < 1.29 is 14.7 Å². The molecular weight excluding hydrogens is 290 g/mol. The molecule has 2 atom stereocenters. The normalized spacial score (nSPS) is 13.5. The molecule has 0 bridgehead atoms. The van der Waals surface area contributed by atoms with Crippen molar-refractivity contribution in [3.05, 3.63) is 29.3 Å². The van der Waals surface area contributed by atoms with E-state index in [9.17, 15) is 14.7 Å². The predicted molar refractivity (Wildman–Crippen MR) is 84.5 cm³/mol. The van der Waals surface area contributed by atoms with Gasteiger partial charge in [-0.1, -0.05) is 50.4 Å². The van der Waals surface area contributed by atoms with Crippen LogP contribution in [0.2, 0.25) is 5.02 Å². The zero-order valence-corrected chi connectivity index (χ0v) is 13.2. The summed E-state index contributed by atoms with van der Waals surface area (Å²) >= 11 is 5.98. The van der Waals surface area contributed by atoms with E-state index in [1.54, 1.807) is 31.2 Å². The molecule has 0 aliphatic carbocycles. The van der Waals surface area contributed by atoms with Crippen molar-refractivity contribution in [2.75, 3.05) is 5.32 Å². The van der Waals surface area contributed by atoms with Gasteiger partial charge >= 0.3 is 5.97 Å². The zero-order chi connectivity index (χ0) is 15.8. The Balaban J connectivity index is 2.60. The van der Waals surface area contributed by atoms with Crippen molar-refractivity contribution >= 4 is 29.2 Å². The molecular formula is C16H22ClNO3. The predicted octanol–water partition coefficient (Wildman–Crippen LogP) is 4.20. The topological polar surface area (TPSA) is 66.4 Å². The highest BCUT2D eigenvalue weighted by Crippen LogP contribution is 2.24. The number of nitrogens with one attached hydrogen (secondary N) is 1. The number of carbonyl (C=O) groups excluding carboxylic acids is 1. The highest BCUT2D eigenvalue weighted by atomic mass is 35.5. The fourth-order valence-electron chi connectivity index (χ4n) is 2.27. The van der Waals surface area contributed by atoms with Gasteiger partial charge in [-0.25, -0.2) is 0 Å². The first-order valence-electron chi connectivity index (χ1n) is 7.22. The fourth-order valence-corrected chi connectivity index (χ4v) is 2.46. The molecule has 0 unspecified atom stereocenters. The van der Waals surface area contributed by atoms with Crippen LogP contribution in [0.25, 0.3) is 0 Å². The van der Waals surface area contributed by atoms with Crippen LogP contribution in [-0.2, 0) is 9.59 Å². The Morgan fingerprint density at radius 1 is 1.33 bits per heavy atom. The van der Waals surface area contributed by atoms with Crippen LogP contribution < -0.4 is 5.32 Å². The van der Waals surface area contributed by atoms with Gasteiger partial charge in [-0.05, 0) is 24.5 Å². The Labute approximate surface area is 130 Å². The molecule has 2 N–H and O–H groups in total. The summed E-state index contributed by atoms with van der Waals surface area (Å²) in [4.78, 5) is 23.3. The number of aliphatic carboxylic acids is 1. The zero-order valence-electron chi connectivity index (χ0n) is 12.4. The van der Waals surface area contributed by atoms with E-state index in [4.69, 9.17) is 11.6 Å². The number of carboxylic acid groups (broad SMARTS) is 1. The van der Waals surface area contributed by atoms with Crippen LogP contribution in [0, 0.1) is 11.8 Å². The first kappa shape index (κ1) is 17.5. The molecule has 0 spiro atoms. The number of anilines is 1. The molecule has 0 radical (unpaired) electrons. The van der Waals surface area contributed by atoms with Gasteiger partial charge in [-0.2, -0.15) is 0 Å². The van der Waals surface area contributed by atoms with Crippen LogP contribution in [0.15, 0.2) is 24.3 Å². The summed E-state index contributed by atoms with van der Waals surface area (Å²) < 4.78 is 0. The number of hydrogen-bond acceptors (Lipinski definition) is 2. The van der Waals surface area contributed by atoms with Crippen LogP contribution in [0.5, 0.6) is 0 Å². The van der Waals surface area contributed by atoms with Gasteiger partial charge in [0, 0.05) is 6.42 Å². The van der Waals surface area contributed by atoms with Crippen molar-refractivity contribution in [1.29, 1.82) is 0 Å². The molecule has 116 valence electrons. The minimum atomic E-state index is -0.832. The van der Waals surface area contributed by atoms with Gasteiger partial charge in [0.15, 0.2) is 0 Å². The number of carboxylic acids is 1.